The smallest absolute Gasteiger partial charge is 0.411 e. The number of fused-ring (bicyclic) bond motifs is 1. The Bertz CT molecular complexity index is 847. The van der Waals surface area contributed by atoms with Crippen molar-refractivity contribution in [1.29, 1.82) is 0 Å². The van der Waals surface area contributed by atoms with Crippen LogP contribution in [-0.4, -0.2) is 32.3 Å². The van der Waals surface area contributed by atoms with Gasteiger partial charge in [0.05, 0.1) is 5.69 Å². The third-order valence-electron chi connectivity index (χ3n) is 4.17. The lowest BCUT2D eigenvalue weighted by atomic mass is 10.1. The number of nitrogens with one attached hydrogen (secondary N) is 3. The van der Waals surface area contributed by atoms with Gasteiger partial charge in [-0.05, 0) is 36.6 Å². The van der Waals surface area contributed by atoms with Gasteiger partial charge in [0.2, 0.25) is 0 Å². The van der Waals surface area contributed by atoms with Gasteiger partial charge in [0.25, 0.3) is 0 Å². The van der Waals surface area contributed by atoms with Crippen molar-refractivity contribution in [3.8, 4) is 0 Å². The first kappa shape index (κ1) is 18.7. The topological polar surface area (TPSA) is 62.4 Å². The highest BCUT2D eigenvalue weighted by Crippen LogP contribution is 2.22. The van der Waals surface area contributed by atoms with Crippen molar-refractivity contribution < 1.29 is 9.53 Å². The standard InChI is InChI=1S/C22H25N3O2/c26-22(25-21-13-6-9-18-8-4-5-12-20(18)21)27-17-16-23-14-7-15-24-19-10-2-1-3-11-19/h1-6,8-13,23-24H,7,14-17H2,(H,25,26). The molecule has 0 aliphatic heterocycles. The molecule has 1 amide bonds. The molecule has 0 saturated heterocycles. The average Bonchev–Trinajstić information content (AvgIpc) is 2.71. The van der Waals surface area contributed by atoms with Crippen molar-refractivity contribution >= 4 is 28.2 Å². The monoisotopic (exact) mass is 363 g/mol. The maximum absolute atomic E-state index is 12.0. The van der Waals surface area contributed by atoms with E-state index in [-0.39, 0.29) is 0 Å². The summed E-state index contributed by atoms with van der Waals surface area (Å²) < 4.78 is 5.24. The Balaban J connectivity index is 1.28. The first-order valence-corrected chi connectivity index (χ1v) is 9.24. The van der Waals surface area contributed by atoms with Gasteiger partial charge in [-0.1, -0.05) is 54.6 Å². The zero-order chi connectivity index (χ0) is 18.7. The second-order valence-corrected chi connectivity index (χ2v) is 6.18. The highest BCUT2D eigenvalue weighted by atomic mass is 16.5. The minimum Gasteiger partial charge on any atom is -0.448 e. The van der Waals surface area contributed by atoms with Crippen LogP contribution in [0.1, 0.15) is 6.42 Å². The molecule has 5 heteroatoms. The molecule has 0 aromatic heterocycles. The van der Waals surface area contributed by atoms with Crippen LogP contribution in [0, 0.1) is 0 Å². The van der Waals surface area contributed by atoms with Crippen molar-refractivity contribution in [1.82, 2.24) is 5.32 Å². The summed E-state index contributed by atoms with van der Waals surface area (Å²) in [6, 6.07) is 23.9. The highest BCUT2D eigenvalue weighted by Gasteiger charge is 2.06. The average molecular weight is 363 g/mol. The Kier molecular flexibility index (Phi) is 7.07. The molecule has 3 aromatic carbocycles. The van der Waals surface area contributed by atoms with E-state index < -0.39 is 6.09 Å². The summed E-state index contributed by atoms with van der Waals surface area (Å²) in [6.45, 7) is 2.74. The van der Waals surface area contributed by atoms with Crippen LogP contribution in [0.3, 0.4) is 0 Å². The van der Waals surface area contributed by atoms with Gasteiger partial charge >= 0.3 is 6.09 Å². The molecule has 0 unspecified atom stereocenters. The molecule has 5 nitrogen and oxygen atoms in total. The van der Waals surface area contributed by atoms with Crippen LogP contribution in [0.25, 0.3) is 10.8 Å². The molecule has 3 rings (SSSR count). The Labute approximate surface area is 159 Å². The molecule has 0 aliphatic carbocycles. The van der Waals surface area contributed by atoms with Crippen molar-refractivity contribution in [2.45, 2.75) is 6.42 Å². The van der Waals surface area contributed by atoms with Gasteiger partial charge in [0.1, 0.15) is 6.61 Å². The van der Waals surface area contributed by atoms with E-state index in [1.54, 1.807) is 0 Å². The lowest BCUT2D eigenvalue weighted by Crippen LogP contribution is -2.25. The summed E-state index contributed by atoms with van der Waals surface area (Å²) in [4.78, 5) is 12.0. The summed E-state index contributed by atoms with van der Waals surface area (Å²) in [7, 11) is 0. The van der Waals surface area contributed by atoms with E-state index in [1.165, 1.54) is 0 Å². The second-order valence-electron chi connectivity index (χ2n) is 6.18. The number of hydrogen-bond donors (Lipinski definition) is 3. The number of benzene rings is 3. The Hall–Kier alpha value is -3.05. The lowest BCUT2D eigenvalue weighted by Gasteiger charge is -2.10. The van der Waals surface area contributed by atoms with E-state index in [0.717, 1.165) is 41.7 Å². The molecule has 0 atom stereocenters. The molecule has 0 heterocycles. The van der Waals surface area contributed by atoms with Gasteiger partial charge < -0.3 is 15.4 Å². The van der Waals surface area contributed by atoms with Crippen molar-refractivity contribution in [3.05, 3.63) is 72.8 Å². The molecule has 0 bridgehead atoms. The molecule has 0 spiro atoms. The fourth-order valence-corrected chi connectivity index (χ4v) is 2.82. The van der Waals surface area contributed by atoms with Crippen LogP contribution in [0.2, 0.25) is 0 Å². The van der Waals surface area contributed by atoms with E-state index in [4.69, 9.17) is 4.74 Å². The number of amides is 1. The largest absolute Gasteiger partial charge is 0.448 e. The molecule has 0 radical (unpaired) electrons. The fraction of sp³-hybridized carbons (Fsp3) is 0.227. The van der Waals surface area contributed by atoms with Crippen LogP contribution in [-0.2, 0) is 4.74 Å². The first-order chi connectivity index (χ1) is 13.3. The highest BCUT2D eigenvalue weighted by molar-refractivity contribution is 6.00. The molecule has 27 heavy (non-hydrogen) atoms. The van der Waals surface area contributed by atoms with Crippen LogP contribution in [0.5, 0.6) is 0 Å². The van der Waals surface area contributed by atoms with Gasteiger partial charge in [-0.15, -0.1) is 0 Å². The van der Waals surface area contributed by atoms with Gasteiger partial charge in [0, 0.05) is 24.2 Å². The third-order valence-corrected chi connectivity index (χ3v) is 4.17. The number of para-hydroxylation sites is 1. The number of ether oxygens (including phenoxy) is 1. The van der Waals surface area contributed by atoms with Crippen LogP contribution < -0.4 is 16.0 Å². The third kappa shape index (κ3) is 6.01. The number of rotatable bonds is 9. The van der Waals surface area contributed by atoms with Crippen molar-refractivity contribution in [3.63, 3.8) is 0 Å². The molecule has 3 N–H and O–H groups in total. The van der Waals surface area contributed by atoms with Crippen LogP contribution >= 0.6 is 0 Å². The minimum atomic E-state index is -0.432. The van der Waals surface area contributed by atoms with Gasteiger partial charge in [-0.25, -0.2) is 4.79 Å². The summed E-state index contributed by atoms with van der Waals surface area (Å²) in [5.74, 6) is 0. The summed E-state index contributed by atoms with van der Waals surface area (Å²) in [5.41, 5.74) is 1.89. The predicted octanol–water partition coefficient (Wildman–Crippen LogP) is 4.48. The SMILES string of the molecule is O=C(Nc1cccc2ccccc12)OCCNCCCNc1ccccc1. The molecular weight excluding hydrogens is 338 g/mol. The zero-order valence-electron chi connectivity index (χ0n) is 15.3. The predicted molar refractivity (Wildman–Crippen MR) is 111 cm³/mol. The zero-order valence-corrected chi connectivity index (χ0v) is 15.3. The molecule has 3 aromatic rings. The molecule has 140 valence electrons. The minimum absolute atomic E-state index is 0.336. The number of carbonyl (C=O) groups excluding carboxylic acids is 1. The van der Waals surface area contributed by atoms with E-state index in [0.29, 0.717) is 13.2 Å². The Morgan fingerprint density at radius 2 is 1.59 bits per heavy atom. The summed E-state index contributed by atoms with van der Waals surface area (Å²) >= 11 is 0. The molecular formula is C22H25N3O2. The van der Waals surface area contributed by atoms with Gasteiger partial charge in [-0.3, -0.25) is 5.32 Å². The van der Waals surface area contributed by atoms with E-state index in [1.807, 2.05) is 60.7 Å². The molecule has 0 saturated carbocycles. The van der Waals surface area contributed by atoms with Crippen molar-refractivity contribution in [2.24, 2.45) is 0 Å². The summed E-state index contributed by atoms with van der Waals surface area (Å²) in [5, 5.41) is 11.5. The lowest BCUT2D eigenvalue weighted by molar-refractivity contribution is 0.162. The number of hydrogen-bond acceptors (Lipinski definition) is 4. The summed E-state index contributed by atoms with van der Waals surface area (Å²) in [6.07, 6.45) is 0.566. The van der Waals surface area contributed by atoms with E-state index in [2.05, 4.69) is 28.1 Å². The van der Waals surface area contributed by atoms with E-state index >= 15 is 0 Å². The Morgan fingerprint density at radius 3 is 2.48 bits per heavy atom. The van der Waals surface area contributed by atoms with Gasteiger partial charge in [-0.2, -0.15) is 0 Å². The first-order valence-electron chi connectivity index (χ1n) is 9.24. The van der Waals surface area contributed by atoms with Crippen LogP contribution in [0.4, 0.5) is 16.2 Å². The fourth-order valence-electron chi connectivity index (χ4n) is 2.82. The maximum Gasteiger partial charge on any atom is 0.411 e. The normalized spacial score (nSPS) is 10.5. The van der Waals surface area contributed by atoms with Crippen molar-refractivity contribution in [2.75, 3.05) is 36.9 Å². The van der Waals surface area contributed by atoms with Gasteiger partial charge in [0.15, 0.2) is 0 Å². The second kappa shape index (κ2) is 10.2. The maximum atomic E-state index is 12.0. The quantitative estimate of drug-likeness (QED) is 0.491. The number of anilines is 2. The van der Waals surface area contributed by atoms with E-state index in [9.17, 15) is 4.79 Å². The Morgan fingerprint density at radius 1 is 0.815 bits per heavy atom. The number of carbonyl (C=O) groups is 1. The molecule has 0 fully saturated rings. The van der Waals surface area contributed by atoms with Crippen LogP contribution in [0.15, 0.2) is 72.8 Å². The molecule has 0 aliphatic rings.